The lowest BCUT2D eigenvalue weighted by Gasteiger charge is -2.18. The maximum absolute atomic E-state index is 13.7. The fraction of sp³-hybridized carbons (Fsp3) is 0.231. The zero-order valence-corrected chi connectivity index (χ0v) is 21.4. The second kappa shape index (κ2) is 12.8. The molecule has 0 aliphatic rings. The summed E-state index contributed by atoms with van der Waals surface area (Å²) in [5.74, 6) is -0.437. The third-order valence-corrected chi connectivity index (χ3v) is 6.43. The molecule has 6 nitrogen and oxygen atoms in total. The van der Waals surface area contributed by atoms with Crippen LogP contribution in [0, 0.1) is 5.82 Å². The van der Waals surface area contributed by atoms with E-state index in [1.54, 1.807) is 55.5 Å². The number of hydrogen-bond donors (Lipinski definition) is 3. The quantitative estimate of drug-likeness (QED) is 0.302. The van der Waals surface area contributed by atoms with E-state index in [1.807, 2.05) is 12.1 Å². The zero-order valence-electron chi connectivity index (χ0n) is 19.1. The molecule has 4 N–H and O–H groups in total. The minimum Gasteiger partial charge on any atom is -0.457 e. The van der Waals surface area contributed by atoms with Crippen LogP contribution in [0.3, 0.4) is 0 Å². The Hall–Kier alpha value is -2.78. The number of alkyl halides is 1. The Morgan fingerprint density at radius 3 is 2.60 bits per heavy atom. The number of ether oxygens (including phenoxy) is 1. The van der Waals surface area contributed by atoms with Gasteiger partial charge in [-0.2, -0.15) is 0 Å². The molecule has 0 saturated heterocycles. The second-order valence-corrected chi connectivity index (χ2v) is 9.22. The zero-order chi connectivity index (χ0) is 25.4. The second-order valence-electron chi connectivity index (χ2n) is 7.87. The van der Waals surface area contributed by atoms with Gasteiger partial charge in [0, 0.05) is 23.7 Å². The van der Waals surface area contributed by atoms with E-state index in [-0.39, 0.29) is 5.82 Å². The summed E-state index contributed by atoms with van der Waals surface area (Å²) in [6.07, 6.45) is 0.413. The number of nitrogens with one attached hydrogen (secondary N) is 2. The first-order chi connectivity index (χ1) is 16.8. The standard InChI is InChI=1S/C26H26BrClFN3O3/c1-16(31-12-11-18-6-2-3-8-22(18)29)25(33)32-26(34)24(27)21-10-9-19(28)14-23(21)35-20-7-4-5-17(13-20)15-30/h2-10,13-14,16,24,31H,11-12,15,30H2,1H3,(H,32,33,34). The van der Waals surface area contributed by atoms with Gasteiger partial charge in [0.2, 0.25) is 11.8 Å². The van der Waals surface area contributed by atoms with Gasteiger partial charge in [0.15, 0.2) is 0 Å². The van der Waals surface area contributed by atoms with E-state index in [2.05, 4.69) is 26.6 Å². The summed E-state index contributed by atoms with van der Waals surface area (Å²) in [4.78, 5) is 24.5. The van der Waals surface area contributed by atoms with Crippen molar-refractivity contribution in [2.24, 2.45) is 5.73 Å². The highest BCUT2D eigenvalue weighted by molar-refractivity contribution is 9.09. The van der Waals surface area contributed by atoms with E-state index in [0.29, 0.717) is 47.2 Å². The van der Waals surface area contributed by atoms with Crippen LogP contribution in [-0.2, 0) is 22.6 Å². The first-order valence-corrected chi connectivity index (χ1v) is 12.3. The monoisotopic (exact) mass is 561 g/mol. The molecule has 0 aliphatic carbocycles. The fourth-order valence-electron chi connectivity index (χ4n) is 3.32. The molecule has 0 fully saturated rings. The van der Waals surface area contributed by atoms with Crippen LogP contribution in [-0.4, -0.2) is 24.4 Å². The third-order valence-electron chi connectivity index (χ3n) is 5.28. The summed E-state index contributed by atoms with van der Waals surface area (Å²) >= 11 is 9.52. The highest BCUT2D eigenvalue weighted by Crippen LogP contribution is 2.36. The van der Waals surface area contributed by atoms with Crippen LogP contribution in [0.5, 0.6) is 11.5 Å². The molecule has 3 aromatic rings. The summed E-state index contributed by atoms with van der Waals surface area (Å²) in [5.41, 5.74) is 7.64. The van der Waals surface area contributed by atoms with Crippen molar-refractivity contribution in [3.8, 4) is 11.5 Å². The van der Waals surface area contributed by atoms with E-state index in [9.17, 15) is 14.0 Å². The number of carbonyl (C=O) groups is 2. The number of halogens is 3. The third kappa shape index (κ3) is 7.60. The van der Waals surface area contributed by atoms with Crippen LogP contribution in [0.4, 0.5) is 4.39 Å². The van der Waals surface area contributed by atoms with Crippen molar-refractivity contribution in [1.82, 2.24) is 10.6 Å². The average molecular weight is 563 g/mol. The Kier molecular flexibility index (Phi) is 9.80. The Morgan fingerprint density at radius 1 is 1.09 bits per heavy atom. The largest absolute Gasteiger partial charge is 0.457 e. The fourth-order valence-corrected chi connectivity index (χ4v) is 3.98. The van der Waals surface area contributed by atoms with Gasteiger partial charge in [-0.25, -0.2) is 4.39 Å². The average Bonchev–Trinajstić information content (AvgIpc) is 2.85. The Morgan fingerprint density at radius 2 is 1.86 bits per heavy atom. The first kappa shape index (κ1) is 26.8. The molecule has 0 saturated carbocycles. The molecule has 0 spiro atoms. The van der Waals surface area contributed by atoms with Crippen molar-refractivity contribution in [1.29, 1.82) is 0 Å². The molecule has 0 aromatic heterocycles. The molecule has 9 heteroatoms. The number of nitrogens with two attached hydrogens (primary N) is 1. The first-order valence-electron chi connectivity index (χ1n) is 11.0. The molecular formula is C26H26BrClFN3O3. The Labute approximate surface area is 217 Å². The molecule has 0 radical (unpaired) electrons. The molecule has 0 heterocycles. The molecule has 2 unspecified atom stereocenters. The van der Waals surface area contributed by atoms with Crippen LogP contribution in [0.2, 0.25) is 5.02 Å². The van der Waals surface area contributed by atoms with Crippen molar-refractivity contribution in [2.75, 3.05) is 6.54 Å². The van der Waals surface area contributed by atoms with Gasteiger partial charge >= 0.3 is 0 Å². The summed E-state index contributed by atoms with van der Waals surface area (Å²) in [6, 6.07) is 18.0. The molecular weight excluding hydrogens is 537 g/mol. The van der Waals surface area contributed by atoms with Crippen molar-refractivity contribution in [2.45, 2.75) is 30.8 Å². The van der Waals surface area contributed by atoms with Crippen molar-refractivity contribution >= 4 is 39.3 Å². The van der Waals surface area contributed by atoms with Crippen LogP contribution < -0.4 is 21.1 Å². The Bertz CT molecular complexity index is 1190. The van der Waals surface area contributed by atoms with E-state index < -0.39 is 22.7 Å². The topological polar surface area (TPSA) is 93.5 Å². The summed E-state index contributed by atoms with van der Waals surface area (Å²) in [7, 11) is 0. The predicted octanol–water partition coefficient (Wildman–Crippen LogP) is 5.03. The minimum atomic E-state index is -0.873. The van der Waals surface area contributed by atoms with Crippen LogP contribution >= 0.6 is 27.5 Å². The highest BCUT2D eigenvalue weighted by Gasteiger charge is 2.25. The minimum absolute atomic E-state index is 0.292. The smallest absolute Gasteiger partial charge is 0.245 e. The van der Waals surface area contributed by atoms with Crippen molar-refractivity contribution in [3.63, 3.8) is 0 Å². The van der Waals surface area contributed by atoms with Crippen LogP contribution in [0.25, 0.3) is 0 Å². The van der Waals surface area contributed by atoms with Gasteiger partial charge in [0.25, 0.3) is 0 Å². The number of carbonyl (C=O) groups excluding carboxylic acids is 2. The van der Waals surface area contributed by atoms with E-state index in [0.717, 1.165) is 5.56 Å². The lowest BCUT2D eigenvalue weighted by Crippen LogP contribution is -2.46. The number of benzene rings is 3. The molecule has 2 atom stereocenters. The van der Waals surface area contributed by atoms with Gasteiger partial charge in [-0.3, -0.25) is 14.9 Å². The van der Waals surface area contributed by atoms with Gasteiger partial charge < -0.3 is 15.8 Å². The summed E-state index contributed by atoms with van der Waals surface area (Å²) in [5, 5.41) is 5.83. The maximum Gasteiger partial charge on any atom is 0.245 e. The van der Waals surface area contributed by atoms with Crippen LogP contribution in [0.15, 0.2) is 66.7 Å². The predicted molar refractivity (Wildman–Crippen MR) is 138 cm³/mol. The van der Waals surface area contributed by atoms with Gasteiger partial charge in [-0.15, -0.1) is 0 Å². The SMILES string of the molecule is CC(NCCc1ccccc1F)C(=O)NC(=O)C(Br)c1ccc(Cl)cc1Oc1cccc(CN)c1. The van der Waals surface area contributed by atoms with Crippen molar-refractivity contribution < 1.29 is 18.7 Å². The van der Waals surface area contributed by atoms with E-state index >= 15 is 0 Å². The highest BCUT2D eigenvalue weighted by atomic mass is 79.9. The van der Waals surface area contributed by atoms with E-state index in [4.69, 9.17) is 22.1 Å². The normalized spacial score (nSPS) is 12.6. The van der Waals surface area contributed by atoms with E-state index in [1.165, 1.54) is 6.07 Å². The Balaban J connectivity index is 1.62. The molecule has 3 aromatic carbocycles. The summed E-state index contributed by atoms with van der Waals surface area (Å²) in [6.45, 7) is 2.37. The molecule has 35 heavy (non-hydrogen) atoms. The molecule has 3 rings (SSSR count). The van der Waals surface area contributed by atoms with Gasteiger partial charge in [0.05, 0.1) is 6.04 Å². The van der Waals surface area contributed by atoms with Crippen molar-refractivity contribution in [3.05, 3.63) is 94.3 Å². The lowest BCUT2D eigenvalue weighted by atomic mass is 10.1. The lowest BCUT2D eigenvalue weighted by molar-refractivity contribution is -0.131. The molecule has 0 aliphatic heterocycles. The number of rotatable bonds is 10. The number of imide groups is 1. The number of amides is 2. The molecule has 184 valence electrons. The maximum atomic E-state index is 13.7. The molecule has 0 bridgehead atoms. The van der Waals surface area contributed by atoms with Gasteiger partial charge in [0.1, 0.15) is 22.1 Å². The van der Waals surface area contributed by atoms with Gasteiger partial charge in [-0.1, -0.05) is 63.9 Å². The molecule has 2 amide bonds. The summed E-state index contributed by atoms with van der Waals surface area (Å²) < 4.78 is 19.7. The van der Waals surface area contributed by atoms with Crippen LogP contribution in [0.1, 0.15) is 28.4 Å². The number of hydrogen-bond acceptors (Lipinski definition) is 5. The van der Waals surface area contributed by atoms with Gasteiger partial charge in [-0.05, 0) is 54.8 Å².